The van der Waals surface area contributed by atoms with E-state index in [-0.39, 0.29) is 6.42 Å². The van der Waals surface area contributed by atoms with E-state index in [1.54, 1.807) is 0 Å². The Kier molecular flexibility index (Phi) is 3.11. The Morgan fingerprint density at radius 2 is 2.53 bits per heavy atom. The van der Waals surface area contributed by atoms with Crippen LogP contribution in [0.1, 0.15) is 30.5 Å². The number of likely N-dealkylation sites (N-methyl/N-ethyl adjacent to an activating group) is 1. The first-order valence-electron chi connectivity index (χ1n) is 5.24. The lowest BCUT2D eigenvalue weighted by Crippen LogP contribution is -2.31. The molecule has 1 fully saturated rings. The number of nitrogens with zero attached hydrogens (tertiary/aromatic N) is 3. The molecule has 82 valence electrons. The third-order valence-corrected chi connectivity index (χ3v) is 2.73. The number of piperidine rings is 1. The molecule has 1 unspecified atom stereocenters. The monoisotopic (exact) mass is 209 g/mol. The fourth-order valence-corrected chi connectivity index (χ4v) is 1.97. The second-order valence-corrected chi connectivity index (χ2v) is 4.02. The SMILES string of the molecule is CN1CCCC(c2noc(CC=O)n2)C1. The van der Waals surface area contributed by atoms with Crippen LogP contribution >= 0.6 is 0 Å². The zero-order valence-corrected chi connectivity index (χ0v) is 8.85. The van der Waals surface area contributed by atoms with Crippen LogP contribution in [-0.2, 0) is 11.2 Å². The molecule has 0 amide bonds. The normalized spacial score (nSPS) is 22.9. The maximum absolute atomic E-state index is 10.3. The Hall–Kier alpha value is -1.23. The number of aldehydes is 1. The van der Waals surface area contributed by atoms with Gasteiger partial charge in [-0.15, -0.1) is 0 Å². The molecule has 5 heteroatoms. The summed E-state index contributed by atoms with van der Waals surface area (Å²) < 4.78 is 4.98. The Morgan fingerprint density at radius 3 is 3.27 bits per heavy atom. The van der Waals surface area contributed by atoms with Crippen LogP contribution in [-0.4, -0.2) is 41.5 Å². The van der Waals surface area contributed by atoms with E-state index in [9.17, 15) is 4.79 Å². The summed E-state index contributed by atoms with van der Waals surface area (Å²) in [4.78, 5) is 16.8. The quantitative estimate of drug-likeness (QED) is 0.683. The standard InChI is InChI=1S/C10H15N3O2/c1-13-5-2-3-8(7-13)10-11-9(4-6-14)15-12-10/h6,8H,2-5,7H2,1H3. The maximum Gasteiger partial charge on any atom is 0.233 e. The molecule has 0 aromatic carbocycles. The van der Waals surface area contributed by atoms with E-state index >= 15 is 0 Å². The van der Waals surface area contributed by atoms with E-state index in [4.69, 9.17) is 4.52 Å². The average molecular weight is 209 g/mol. The highest BCUT2D eigenvalue weighted by molar-refractivity contribution is 5.52. The van der Waals surface area contributed by atoms with Crippen LogP contribution in [0, 0.1) is 0 Å². The van der Waals surface area contributed by atoms with Crippen molar-refractivity contribution in [1.82, 2.24) is 15.0 Å². The zero-order valence-electron chi connectivity index (χ0n) is 8.85. The molecule has 0 N–H and O–H groups in total. The van der Waals surface area contributed by atoms with Gasteiger partial charge >= 0.3 is 0 Å². The molecule has 15 heavy (non-hydrogen) atoms. The highest BCUT2D eigenvalue weighted by Gasteiger charge is 2.23. The minimum absolute atomic E-state index is 0.218. The minimum atomic E-state index is 0.218. The number of likely N-dealkylation sites (tertiary alicyclic amines) is 1. The van der Waals surface area contributed by atoms with Gasteiger partial charge in [-0.3, -0.25) is 0 Å². The molecule has 0 aliphatic carbocycles. The van der Waals surface area contributed by atoms with Gasteiger partial charge < -0.3 is 14.2 Å². The fraction of sp³-hybridized carbons (Fsp3) is 0.700. The van der Waals surface area contributed by atoms with Crippen LogP contribution in [0.2, 0.25) is 0 Å². The molecule has 2 heterocycles. The molecule has 1 atom stereocenters. The number of hydrogen-bond donors (Lipinski definition) is 0. The number of aromatic nitrogens is 2. The molecule has 0 bridgehead atoms. The van der Waals surface area contributed by atoms with E-state index in [1.165, 1.54) is 6.42 Å². The largest absolute Gasteiger partial charge is 0.339 e. The van der Waals surface area contributed by atoms with Crippen molar-refractivity contribution in [3.63, 3.8) is 0 Å². The molecule has 5 nitrogen and oxygen atoms in total. The first-order chi connectivity index (χ1) is 7.29. The van der Waals surface area contributed by atoms with Crippen molar-refractivity contribution in [3.8, 4) is 0 Å². The second kappa shape index (κ2) is 4.53. The van der Waals surface area contributed by atoms with Crippen molar-refractivity contribution in [2.24, 2.45) is 0 Å². The van der Waals surface area contributed by atoms with E-state index in [0.717, 1.165) is 31.6 Å². The number of carbonyl (C=O) groups is 1. The van der Waals surface area contributed by atoms with Crippen LogP contribution in [0.4, 0.5) is 0 Å². The van der Waals surface area contributed by atoms with Gasteiger partial charge in [-0.2, -0.15) is 4.98 Å². The first-order valence-corrected chi connectivity index (χ1v) is 5.24. The molecule has 1 aromatic rings. The predicted octanol–water partition coefficient (Wildman–Crippen LogP) is 0.620. The van der Waals surface area contributed by atoms with Crippen LogP contribution in [0.5, 0.6) is 0 Å². The van der Waals surface area contributed by atoms with E-state index < -0.39 is 0 Å². The fourth-order valence-electron chi connectivity index (χ4n) is 1.97. The molecule has 0 radical (unpaired) electrons. The number of hydrogen-bond acceptors (Lipinski definition) is 5. The molecule has 1 saturated heterocycles. The summed E-state index contributed by atoms with van der Waals surface area (Å²) in [6, 6.07) is 0. The summed E-state index contributed by atoms with van der Waals surface area (Å²) in [7, 11) is 2.10. The van der Waals surface area contributed by atoms with Gasteiger partial charge in [0.25, 0.3) is 0 Å². The zero-order chi connectivity index (χ0) is 10.7. The summed E-state index contributed by atoms with van der Waals surface area (Å²) in [5, 5.41) is 3.92. The Morgan fingerprint density at radius 1 is 1.67 bits per heavy atom. The molecular formula is C10H15N3O2. The molecule has 0 saturated carbocycles. The molecule has 0 spiro atoms. The average Bonchev–Trinajstić information content (AvgIpc) is 2.67. The summed E-state index contributed by atoms with van der Waals surface area (Å²) in [6.07, 6.45) is 3.27. The molecular weight excluding hydrogens is 194 g/mol. The van der Waals surface area contributed by atoms with E-state index in [1.807, 2.05) is 0 Å². The van der Waals surface area contributed by atoms with Gasteiger partial charge in [0.2, 0.25) is 5.89 Å². The highest BCUT2D eigenvalue weighted by Crippen LogP contribution is 2.23. The number of carbonyl (C=O) groups excluding carboxylic acids is 1. The second-order valence-electron chi connectivity index (χ2n) is 4.02. The minimum Gasteiger partial charge on any atom is -0.339 e. The topological polar surface area (TPSA) is 59.2 Å². The van der Waals surface area contributed by atoms with Crippen molar-refractivity contribution < 1.29 is 9.32 Å². The van der Waals surface area contributed by atoms with Crippen LogP contribution in [0.15, 0.2) is 4.52 Å². The van der Waals surface area contributed by atoms with Crippen LogP contribution in [0.25, 0.3) is 0 Å². The van der Waals surface area contributed by atoms with Crippen molar-refractivity contribution in [1.29, 1.82) is 0 Å². The predicted molar refractivity (Wildman–Crippen MR) is 53.5 cm³/mol. The molecule has 2 rings (SSSR count). The Bertz CT molecular complexity index is 337. The van der Waals surface area contributed by atoms with Gasteiger partial charge in [-0.25, -0.2) is 0 Å². The maximum atomic E-state index is 10.3. The van der Waals surface area contributed by atoms with E-state index in [2.05, 4.69) is 22.1 Å². The summed E-state index contributed by atoms with van der Waals surface area (Å²) >= 11 is 0. The van der Waals surface area contributed by atoms with Gasteiger partial charge in [-0.05, 0) is 26.4 Å². The highest BCUT2D eigenvalue weighted by atomic mass is 16.5. The van der Waals surface area contributed by atoms with Gasteiger partial charge in [0.05, 0.1) is 6.42 Å². The van der Waals surface area contributed by atoms with Crippen molar-refractivity contribution in [3.05, 3.63) is 11.7 Å². The molecule has 1 aromatic heterocycles. The lowest BCUT2D eigenvalue weighted by atomic mass is 9.98. The van der Waals surface area contributed by atoms with Gasteiger partial charge in [0.15, 0.2) is 5.82 Å². The van der Waals surface area contributed by atoms with Crippen molar-refractivity contribution in [2.45, 2.75) is 25.2 Å². The molecule has 1 aliphatic heterocycles. The summed E-state index contributed by atoms with van der Waals surface area (Å²) in [6.45, 7) is 2.11. The van der Waals surface area contributed by atoms with Crippen LogP contribution < -0.4 is 0 Å². The third-order valence-electron chi connectivity index (χ3n) is 2.73. The van der Waals surface area contributed by atoms with Crippen molar-refractivity contribution >= 4 is 6.29 Å². The van der Waals surface area contributed by atoms with Gasteiger partial charge in [0.1, 0.15) is 6.29 Å². The van der Waals surface area contributed by atoms with Crippen LogP contribution in [0.3, 0.4) is 0 Å². The first kappa shape index (κ1) is 10.3. The Labute approximate surface area is 88.5 Å². The van der Waals surface area contributed by atoms with Gasteiger partial charge in [0, 0.05) is 12.5 Å². The summed E-state index contributed by atoms with van der Waals surface area (Å²) in [5.41, 5.74) is 0. The van der Waals surface area contributed by atoms with Crippen molar-refractivity contribution in [2.75, 3.05) is 20.1 Å². The number of rotatable bonds is 3. The third kappa shape index (κ3) is 2.41. The molecule has 1 aliphatic rings. The Balaban J connectivity index is 2.04. The lowest BCUT2D eigenvalue weighted by Gasteiger charge is -2.27. The smallest absolute Gasteiger partial charge is 0.233 e. The lowest BCUT2D eigenvalue weighted by molar-refractivity contribution is -0.107. The summed E-state index contributed by atoms with van der Waals surface area (Å²) in [5.74, 6) is 1.53. The van der Waals surface area contributed by atoms with E-state index in [0.29, 0.717) is 11.8 Å². The van der Waals surface area contributed by atoms with Gasteiger partial charge in [-0.1, -0.05) is 5.16 Å².